The third-order valence-electron chi connectivity index (χ3n) is 4.32. The number of rotatable bonds is 12. The van der Waals surface area contributed by atoms with Gasteiger partial charge in [0.05, 0.1) is 0 Å². The number of amides is 2. The van der Waals surface area contributed by atoms with Crippen LogP contribution in [0.25, 0.3) is 0 Å². The maximum atomic E-state index is 11.6. The van der Waals surface area contributed by atoms with E-state index in [0.29, 0.717) is 13.2 Å². The number of nitrogens with two attached hydrogens (primary N) is 2. The third kappa shape index (κ3) is 8.50. The first-order chi connectivity index (χ1) is 12.9. The number of aliphatic hydroxyl groups is 2. The minimum atomic E-state index is -1.29. The second-order valence-electron chi connectivity index (χ2n) is 6.67. The van der Waals surface area contributed by atoms with E-state index in [2.05, 4.69) is 10.6 Å². The Kier molecular flexibility index (Phi) is 11.4. The summed E-state index contributed by atoms with van der Waals surface area (Å²) < 4.78 is 11.4. The normalized spacial score (nSPS) is 28.0. The van der Waals surface area contributed by atoms with Gasteiger partial charge in [0.2, 0.25) is 11.8 Å². The summed E-state index contributed by atoms with van der Waals surface area (Å²) in [6.45, 7) is 2.55. The molecule has 1 aliphatic heterocycles. The smallest absolute Gasteiger partial charge is 0.221 e. The van der Waals surface area contributed by atoms with E-state index in [4.69, 9.17) is 20.9 Å². The summed E-state index contributed by atoms with van der Waals surface area (Å²) in [6.07, 6.45) is -0.552. The molecule has 10 heteroatoms. The second kappa shape index (κ2) is 13.0. The standard InChI is InChI=1S/C17H34N4O6/c1-11(22)21-14-16(25)15(24)12(10-20-13(23)6-8-19)27-17(14)26-9-5-3-2-4-7-18/h12,14-17,24-25H,2-10,18-19H2,1H3,(H,20,23)(H,21,22). The van der Waals surface area contributed by atoms with Crippen molar-refractivity contribution in [3.63, 3.8) is 0 Å². The Balaban J connectivity index is 2.62. The first-order valence-electron chi connectivity index (χ1n) is 9.47. The van der Waals surface area contributed by atoms with Crippen molar-refractivity contribution in [1.29, 1.82) is 0 Å². The molecule has 2 amide bonds. The molecule has 0 aromatic rings. The van der Waals surface area contributed by atoms with Gasteiger partial charge in [-0.25, -0.2) is 0 Å². The van der Waals surface area contributed by atoms with Crippen molar-refractivity contribution in [1.82, 2.24) is 10.6 Å². The average Bonchev–Trinajstić information content (AvgIpc) is 2.62. The van der Waals surface area contributed by atoms with Gasteiger partial charge in [-0.2, -0.15) is 0 Å². The first kappa shape index (κ1) is 23.7. The summed E-state index contributed by atoms with van der Waals surface area (Å²) in [4.78, 5) is 23.0. The van der Waals surface area contributed by atoms with Crippen LogP contribution in [0.1, 0.15) is 39.0 Å². The van der Waals surface area contributed by atoms with Crippen LogP contribution in [-0.2, 0) is 19.1 Å². The lowest BCUT2D eigenvalue weighted by molar-refractivity contribution is -0.263. The van der Waals surface area contributed by atoms with Crippen molar-refractivity contribution in [3.8, 4) is 0 Å². The van der Waals surface area contributed by atoms with Crippen LogP contribution in [0.5, 0.6) is 0 Å². The molecule has 1 saturated heterocycles. The van der Waals surface area contributed by atoms with E-state index >= 15 is 0 Å². The van der Waals surface area contributed by atoms with Gasteiger partial charge in [0.15, 0.2) is 6.29 Å². The Morgan fingerprint density at radius 2 is 1.78 bits per heavy atom. The lowest BCUT2D eigenvalue weighted by Crippen LogP contribution is -2.65. The maximum Gasteiger partial charge on any atom is 0.221 e. The zero-order valence-electron chi connectivity index (χ0n) is 15.9. The molecule has 1 aliphatic rings. The zero-order valence-corrected chi connectivity index (χ0v) is 15.9. The predicted octanol–water partition coefficient (Wildman–Crippen LogP) is -2.06. The van der Waals surface area contributed by atoms with Gasteiger partial charge in [-0.05, 0) is 19.4 Å². The summed E-state index contributed by atoms with van der Waals surface area (Å²) in [6, 6.07) is -0.905. The number of hydrogen-bond donors (Lipinski definition) is 6. The van der Waals surface area contributed by atoms with Gasteiger partial charge in [0, 0.05) is 33.0 Å². The van der Waals surface area contributed by atoms with Crippen LogP contribution in [-0.4, -0.2) is 78.9 Å². The molecule has 0 aliphatic carbocycles. The largest absolute Gasteiger partial charge is 0.388 e. The number of ether oxygens (including phenoxy) is 2. The summed E-state index contributed by atoms with van der Waals surface area (Å²) in [5, 5.41) is 25.8. The van der Waals surface area contributed by atoms with E-state index in [-0.39, 0.29) is 31.3 Å². The fraction of sp³-hybridized carbons (Fsp3) is 0.882. The topological polar surface area (TPSA) is 169 Å². The fourth-order valence-corrected chi connectivity index (χ4v) is 2.86. The minimum Gasteiger partial charge on any atom is -0.388 e. The molecule has 0 saturated carbocycles. The molecular weight excluding hydrogens is 356 g/mol. The quantitative estimate of drug-likeness (QED) is 0.207. The van der Waals surface area contributed by atoms with Gasteiger partial charge in [0.25, 0.3) is 0 Å². The highest BCUT2D eigenvalue weighted by Gasteiger charge is 2.45. The van der Waals surface area contributed by atoms with Crippen LogP contribution in [0.4, 0.5) is 0 Å². The van der Waals surface area contributed by atoms with E-state index in [9.17, 15) is 19.8 Å². The highest BCUT2D eigenvalue weighted by molar-refractivity contribution is 5.76. The van der Waals surface area contributed by atoms with Crippen molar-refractivity contribution in [2.45, 2.75) is 69.7 Å². The lowest BCUT2D eigenvalue weighted by atomic mass is 9.96. The molecule has 0 radical (unpaired) electrons. The monoisotopic (exact) mass is 390 g/mol. The molecule has 0 bridgehead atoms. The summed E-state index contributed by atoms with van der Waals surface area (Å²) in [5.74, 6) is -0.648. The van der Waals surface area contributed by atoms with Crippen molar-refractivity contribution >= 4 is 11.8 Å². The summed E-state index contributed by atoms with van der Waals surface area (Å²) in [5.41, 5.74) is 10.8. The third-order valence-corrected chi connectivity index (χ3v) is 4.32. The average molecular weight is 390 g/mol. The first-order valence-corrected chi connectivity index (χ1v) is 9.47. The van der Waals surface area contributed by atoms with Gasteiger partial charge >= 0.3 is 0 Å². The van der Waals surface area contributed by atoms with Crippen molar-refractivity contribution in [3.05, 3.63) is 0 Å². The summed E-state index contributed by atoms with van der Waals surface area (Å²) in [7, 11) is 0. The fourth-order valence-electron chi connectivity index (χ4n) is 2.86. The molecule has 5 unspecified atom stereocenters. The van der Waals surface area contributed by atoms with E-state index in [1.54, 1.807) is 0 Å². The van der Waals surface area contributed by atoms with Gasteiger partial charge in [-0.1, -0.05) is 12.8 Å². The van der Waals surface area contributed by atoms with Crippen LogP contribution in [0, 0.1) is 0 Å². The Labute approximate surface area is 159 Å². The molecule has 1 fully saturated rings. The van der Waals surface area contributed by atoms with Crippen LogP contribution in [0.15, 0.2) is 0 Å². The molecule has 10 nitrogen and oxygen atoms in total. The molecule has 0 spiro atoms. The van der Waals surface area contributed by atoms with E-state index < -0.39 is 30.6 Å². The Bertz CT molecular complexity index is 453. The molecule has 158 valence electrons. The van der Waals surface area contributed by atoms with Gasteiger partial charge < -0.3 is 41.8 Å². The highest BCUT2D eigenvalue weighted by Crippen LogP contribution is 2.22. The second-order valence-corrected chi connectivity index (χ2v) is 6.67. The number of carbonyl (C=O) groups excluding carboxylic acids is 2. The minimum absolute atomic E-state index is 0.000210. The zero-order chi connectivity index (χ0) is 20.2. The molecule has 1 rings (SSSR count). The van der Waals surface area contributed by atoms with Crippen LogP contribution in [0.2, 0.25) is 0 Å². The van der Waals surface area contributed by atoms with Gasteiger partial charge in [0.1, 0.15) is 24.4 Å². The number of carbonyl (C=O) groups is 2. The number of nitrogens with one attached hydrogen (secondary N) is 2. The molecule has 0 aromatic carbocycles. The van der Waals surface area contributed by atoms with E-state index in [1.807, 2.05) is 0 Å². The van der Waals surface area contributed by atoms with Crippen molar-refractivity contribution < 1.29 is 29.3 Å². The Hall–Kier alpha value is -1.30. The van der Waals surface area contributed by atoms with E-state index in [1.165, 1.54) is 6.92 Å². The number of hydrogen-bond acceptors (Lipinski definition) is 8. The maximum absolute atomic E-state index is 11.6. The SMILES string of the molecule is CC(=O)NC1C(OCCCCCCN)OC(CNC(=O)CCN)C(O)C1O. The van der Waals surface area contributed by atoms with Crippen molar-refractivity contribution in [2.75, 3.05) is 26.2 Å². The lowest BCUT2D eigenvalue weighted by Gasteiger charge is -2.42. The Morgan fingerprint density at radius 1 is 1.07 bits per heavy atom. The molecule has 8 N–H and O–H groups in total. The van der Waals surface area contributed by atoms with Crippen LogP contribution in [0.3, 0.4) is 0 Å². The molecule has 1 heterocycles. The Morgan fingerprint density at radius 3 is 2.41 bits per heavy atom. The molecule has 5 atom stereocenters. The highest BCUT2D eigenvalue weighted by atomic mass is 16.7. The predicted molar refractivity (Wildman–Crippen MR) is 98.4 cm³/mol. The van der Waals surface area contributed by atoms with Gasteiger partial charge in [-0.15, -0.1) is 0 Å². The van der Waals surface area contributed by atoms with E-state index in [0.717, 1.165) is 25.7 Å². The molecular formula is C17H34N4O6. The molecule has 27 heavy (non-hydrogen) atoms. The number of aliphatic hydroxyl groups excluding tert-OH is 2. The number of unbranched alkanes of at least 4 members (excludes halogenated alkanes) is 3. The molecule has 0 aromatic heterocycles. The van der Waals surface area contributed by atoms with Crippen LogP contribution >= 0.6 is 0 Å². The summed E-state index contributed by atoms with van der Waals surface area (Å²) >= 11 is 0. The van der Waals surface area contributed by atoms with Crippen LogP contribution < -0.4 is 22.1 Å². The van der Waals surface area contributed by atoms with Gasteiger partial charge in [-0.3, -0.25) is 9.59 Å². The van der Waals surface area contributed by atoms with Crippen molar-refractivity contribution in [2.24, 2.45) is 11.5 Å².